The van der Waals surface area contributed by atoms with E-state index in [4.69, 9.17) is 27.9 Å². The van der Waals surface area contributed by atoms with Crippen LogP contribution in [-0.2, 0) is 13.2 Å². The molecule has 0 aliphatic heterocycles. The monoisotopic (exact) mass is 371 g/mol. The number of aliphatic hydroxyl groups is 1. The van der Waals surface area contributed by atoms with Gasteiger partial charge in [0.25, 0.3) is 0 Å². The number of benzene rings is 2. The third-order valence-electron chi connectivity index (χ3n) is 3.72. The van der Waals surface area contributed by atoms with Crippen LogP contribution in [0.15, 0.2) is 36.4 Å². The van der Waals surface area contributed by atoms with Gasteiger partial charge in [-0.15, -0.1) is 0 Å². The van der Waals surface area contributed by atoms with Gasteiger partial charge in [-0.3, -0.25) is 0 Å². The van der Waals surface area contributed by atoms with E-state index >= 15 is 0 Å². The van der Waals surface area contributed by atoms with Crippen LogP contribution in [0.2, 0.25) is 10.0 Å². The van der Waals surface area contributed by atoms with Gasteiger partial charge in [-0.2, -0.15) is 0 Å². The van der Waals surface area contributed by atoms with Gasteiger partial charge in [0, 0.05) is 28.7 Å². The minimum Gasteiger partial charge on any atom is -0.489 e. The highest BCUT2D eigenvalue weighted by molar-refractivity contribution is 6.31. The van der Waals surface area contributed by atoms with Crippen molar-refractivity contribution in [2.24, 2.45) is 0 Å². The molecular formula is C18H20Cl2FNO2. The summed E-state index contributed by atoms with van der Waals surface area (Å²) in [5.74, 6) is 0.287. The zero-order valence-electron chi connectivity index (χ0n) is 13.4. The smallest absolute Gasteiger partial charge is 0.124 e. The van der Waals surface area contributed by atoms with Gasteiger partial charge in [0.15, 0.2) is 0 Å². The Balaban J connectivity index is 2.08. The summed E-state index contributed by atoms with van der Waals surface area (Å²) in [6.07, 6.45) is 0.818. The van der Waals surface area contributed by atoms with Crippen LogP contribution in [-0.4, -0.2) is 17.8 Å². The number of rotatable bonds is 8. The van der Waals surface area contributed by atoms with E-state index in [1.165, 1.54) is 12.1 Å². The second-order valence-corrected chi connectivity index (χ2v) is 6.29. The van der Waals surface area contributed by atoms with Gasteiger partial charge in [-0.05, 0) is 36.8 Å². The Morgan fingerprint density at radius 2 is 1.96 bits per heavy atom. The van der Waals surface area contributed by atoms with Gasteiger partial charge in [-0.25, -0.2) is 4.39 Å². The van der Waals surface area contributed by atoms with Crippen molar-refractivity contribution in [3.8, 4) is 5.75 Å². The van der Waals surface area contributed by atoms with Crippen LogP contribution in [0.25, 0.3) is 0 Å². The number of aliphatic hydroxyl groups excluding tert-OH is 1. The molecule has 0 saturated carbocycles. The van der Waals surface area contributed by atoms with E-state index in [0.717, 1.165) is 12.0 Å². The van der Waals surface area contributed by atoms with Crippen molar-refractivity contribution in [1.29, 1.82) is 0 Å². The van der Waals surface area contributed by atoms with Crippen molar-refractivity contribution in [2.45, 2.75) is 32.5 Å². The van der Waals surface area contributed by atoms with Gasteiger partial charge in [-0.1, -0.05) is 36.2 Å². The summed E-state index contributed by atoms with van der Waals surface area (Å²) < 4.78 is 18.9. The molecule has 0 amide bonds. The highest BCUT2D eigenvalue weighted by atomic mass is 35.5. The van der Waals surface area contributed by atoms with E-state index in [-0.39, 0.29) is 25.1 Å². The number of nitrogens with one attached hydrogen (secondary N) is 1. The summed E-state index contributed by atoms with van der Waals surface area (Å²) in [6.45, 7) is 2.81. The van der Waals surface area contributed by atoms with Crippen LogP contribution < -0.4 is 10.1 Å². The van der Waals surface area contributed by atoms with E-state index in [0.29, 0.717) is 27.9 Å². The molecule has 0 unspecified atom stereocenters. The Kier molecular flexibility index (Phi) is 7.31. The van der Waals surface area contributed by atoms with Crippen LogP contribution >= 0.6 is 23.2 Å². The van der Waals surface area contributed by atoms with E-state index < -0.39 is 0 Å². The topological polar surface area (TPSA) is 41.5 Å². The lowest BCUT2D eigenvalue weighted by Gasteiger charge is -2.17. The predicted molar refractivity (Wildman–Crippen MR) is 95.2 cm³/mol. The molecule has 0 bridgehead atoms. The van der Waals surface area contributed by atoms with Crippen molar-refractivity contribution < 1.29 is 14.2 Å². The molecule has 3 nitrogen and oxygen atoms in total. The van der Waals surface area contributed by atoms with Gasteiger partial charge in [0.2, 0.25) is 0 Å². The first kappa shape index (κ1) is 19.0. The van der Waals surface area contributed by atoms with E-state index in [2.05, 4.69) is 5.32 Å². The first-order valence-corrected chi connectivity index (χ1v) is 8.48. The summed E-state index contributed by atoms with van der Waals surface area (Å²) in [4.78, 5) is 0. The number of hydrogen-bond acceptors (Lipinski definition) is 3. The van der Waals surface area contributed by atoms with E-state index in [1.54, 1.807) is 18.2 Å². The highest BCUT2D eigenvalue weighted by Crippen LogP contribution is 2.25. The second-order valence-electron chi connectivity index (χ2n) is 5.45. The summed E-state index contributed by atoms with van der Waals surface area (Å²) in [5, 5.41) is 13.5. The average Bonchev–Trinajstić information content (AvgIpc) is 2.56. The highest BCUT2D eigenvalue weighted by Gasteiger charge is 2.10. The van der Waals surface area contributed by atoms with Crippen molar-refractivity contribution in [3.05, 3.63) is 63.4 Å². The standard InChI is InChI=1S/C18H20Cl2FNO2/c1-2-16(10-23)22-9-13-7-14(19)4-6-18(13)24-11-12-3-5-15(21)8-17(12)20/h3-8,16,22-23H,2,9-11H2,1H3/t16-/m0/s1. The van der Waals surface area contributed by atoms with E-state index in [9.17, 15) is 9.50 Å². The Labute approximate surface area is 151 Å². The lowest BCUT2D eigenvalue weighted by Crippen LogP contribution is -2.31. The molecule has 0 fully saturated rings. The molecule has 2 aromatic carbocycles. The molecule has 0 radical (unpaired) electrons. The van der Waals surface area contributed by atoms with E-state index in [1.807, 2.05) is 13.0 Å². The maximum absolute atomic E-state index is 13.1. The fraction of sp³-hybridized carbons (Fsp3) is 0.333. The molecule has 130 valence electrons. The molecule has 0 spiro atoms. The minimum absolute atomic E-state index is 0.0170. The summed E-state index contributed by atoms with van der Waals surface area (Å²) in [7, 11) is 0. The van der Waals surface area contributed by atoms with Gasteiger partial charge < -0.3 is 15.2 Å². The third kappa shape index (κ3) is 5.35. The van der Waals surface area contributed by atoms with Crippen molar-refractivity contribution in [1.82, 2.24) is 5.32 Å². The molecule has 0 aliphatic rings. The summed E-state index contributed by atoms with van der Waals surface area (Å²) in [5.41, 5.74) is 1.58. The first-order chi connectivity index (χ1) is 11.5. The van der Waals surface area contributed by atoms with Crippen LogP contribution in [0.5, 0.6) is 5.75 Å². The Morgan fingerprint density at radius 3 is 2.62 bits per heavy atom. The Morgan fingerprint density at radius 1 is 1.17 bits per heavy atom. The maximum Gasteiger partial charge on any atom is 0.124 e. The Bertz CT molecular complexity index is 678. The molecule has 0 aromatic heterocycles. The van der Waals surface area contributed by atoms with Crippen LogP contribution in [0.1, 0.15) is 24.5 Å². The van der Waals surface area contributed by atoms with Crippen LogP contribution in [0.3, 0.4) is 0 Å². The van der Waals surface area contributed by atoms with Gasteiger partial charge in [0.05, 0.1) is 11.6 Å². The fourth-order valence-corrected chi connectivity index (χ4v) is 2.63. The molecule has 0 heterocycles. The molecule has 0 aliphatic carbocycles. The van der Waals surface area contributed by atoms with Gasteiger partial charge in [0.1, 0.15) is 18.2 Å². The predicted octanol–water partition coefficient (Wildman–Crippen LogP) is 4.57. The fourth-order valence-electron chi connectivity index (χ4n) is 2.21. The van der Waals surface area contributed by atoms with Crippen molar-refractivity contribution >= 4 is 23.2 Å². The molecule has 2 aromatic rings. The van der Waals surface area contributed by atoms with Crippen LogP contribution in [0.4, 0.5) is 4.39 Å². The quantitative estimate of drug-likeness (QED) is 0.713. The normalized spacial score (nSPS) is 12.2. The van der Waals surface area contributed by atoms with Crippen molar-refractivity contribution in [3.63, 3.8) is 0 Å². The molecule has 2 N–H and O–H groups in total. The average molecular weight is 372 g/mol. The SMILES string of the molecule is CC[C@@H](CO)NCc1cc(Cl)ccc1OCc1ccc(F)cc1Cl. The summed E-state index contributed by atoms with van der Waals surface area (Å²) in [6, 6.07) is 9.58. The van der Waals surface area contributed by atoms with Crippen LogP contribution in [0, 0.1) is 5.82 Å². The third-order valence-corrected chi connectivity index (χ3v) is 4.30. The number of hydrogen-bond donors (Lipinski definition) is 2. The molecule has 2 rings (SSSR count). The zero-order chi connectivity index (χ0) is 17.5. The summed E-state index contributed by atoms with van der Waals surface area (Å²) >= 11 is 12.1. The van der Waals surface area contributed by atoms with Gasteiger partial charge >= 0.3 is 0 Å². The molecule has 0 saturated heterocycles. The lowest BCUT2D eigenvalue weighted by molar-refractivity contribution is 0.237. The number of halogens is 3. The Hall–Kier alpha value is -1.33. The first-order valence-electron chi connectivity index (χ1n) is 7.72. The molecular weight excluding hydrogens is 352 g/mol. The zero-order valence-corrected chi connectivity index (χ0v) is 14.9. The second kappa shape index (κ2) is 9.23. The molecule has 24 heavy (non-hydrogen) atoms. The number of ether oxygens (including phenoxy) is 1. The van der Waals surface area contributed by atoms with Crippen molar-refractivity contribution in [2.75, 3.05) is 6.61 Å². The lowest BCUT2D eigenvalue weighted by atomic mass is 10.1. The minimum atomic E-state index is -0.380. The maximum atomic E-state index is 13.1. The molecule has 6 heteroatoms. The largest absolute Gasteiger partial charge is 0.489 e. The molecule has 1 atom stereocenters.